The molecule has 168 valence electrons. The number of hydrogen-bond acceptors (Lipinski definition) is 6. The van der Waals surface area contributed by atoms with Gasteiger partial charge in [0.25, 0.3) is 5.89 Å². The average molecular weight is 465 g/mol. The summed E-state index contributed by atoms with van der Waals surface area (Å²) in [5.74, 6) is -0.725. The van der Waals surface area contributed by atoms with Crippen molar-refractivity contribution in [3.63, 3.8) is 0 Å². The van der Waals surface area contributed by atoms with Crippen LogP contribution in [-0.2, 0) is 17.3 Å². The molecule has 1 aromatic carbocycles. The van der Waals surface area contributed by atoms with Crippen LogP contribution in [0.2, 0.25) is 0 Å². The Kier molecular flexibility index (Phi) is 6.49. The molecule has 0 saturated carbocycles. The molecule has 1 fully saturated rings. The van der Waals surface area contributed by atoms with Crippen LogP contribution in [-0.4, -0.2) is 54.9 Å². The largest absolute Gasteiger partial charge is 0.415 e. The smallest absolute Gasteiger partial charge is 0.325 e. The van der Waals surface area contributed by atoms with Crippen molar-refractivity contribution in [1.82, 2.24) is 20.1 Å². The fourth-order valence-electron chi connectivity index (χ4n) is 3.17. The lowest BCUT2D eigenvalue weighted by Crippen LogP contribution is -2.49. The predicted octanol–water partition coefficient (Wildman–Crippen LogP) is 3.40. The molecule has 12 heteroatoms. The molecule has 0 N–H and O–H groups in total. The van der Waals surface area contributed by atoms with E-state index < -0.39 is 35.0 Å². The highest BCUT2D eigenvalue weighted by Crippen LogP contribution is 2.25. The summed E-state index contributed by atoms with van der Waals surface area (Å²) in [6.07, 6.45) is -1.53. The minimum atomic E-state index is -2.88. The van der Waals surface area contributed by atoms with E-state index in [4.69, 9.17) is 4.42 Å². The molecule has 32 heavy (non-hydrogen) atoms. The fourth-order valence-corrected chi connectivity index (χ4v) is 4.22. The summed E-state index contributed by atoms with van der Waals surface area (Å²) >= 11 is 0. The van der Waals surface area contributed by atoms with E-state index in [-0.39, 0.29) is 18.1 Å². The summed E-state index contributed by atoms with van der Waals surface area (Å²) in [5.41, 5.74) is 0.850. The average Bonchev–Trinajstić information content (AvgIpc) is 3.29. The van der Waals surface area contributed by atoms with E-state index in [1.165, 1.54) is 34.2 Å². The first-order valence-corrected chi connectivity index (χ1v) is 11.1. The molecule has 0 atom stereocenters. The van der Waals surface area contributed by atoms with E-state index >= 15 is 0 Å². The summed E-state index contributed by atoms with van der Waals surface area (Å²) < 4.78 is 56.3. The van der Waals surface area contributed by atoms with Gasteiger partial charge in [-0.15, -0.1) is 10.2 Å². The van der Waals surface area contributed by atoms with Gasteiger partial charge in [0, 0.05) is 41.6 Å². The monoisotopic (exact) mass is 465 g/mol. The fraction of sp³-hybridized carbons (Fsp3) is 0.300. The molecule has 0 bridgehead atoms. The van der Waals surface area contributed by atoms with Gasteiger partial charge in [-0.2, -0.15) is 8.78 Å². The standard InChI is InChI=1S/C20H18F3N5O3S/c21-15-3-1-2-4-16(15)28(20(29)27-7-9-32(30)10-8-27)12-14-6-5-13(11-24-14)18-25-26-19(31-18)17(22)23/h1-6,11,17H,7-10,12H2. The van der Waals surface area contributed by atoms with Crippen molar-refractivity contribution in [2.45, 2.75) is 13.0 Å². The number of benzene rings is 1. The van der Waals surface area contributed by atoms with Crippen molar-refractivity contribution in [2.24, 2.45) is 0 Å². The summed E-state index contributed by atoms with van der Waals surface area (Å²) in [6.45, 7) is 0.588. The van der Waals surface area contributed by atoms with E-state index in [9.17, 15) is 22.2 Å². The zero-order valence-corrected chi connectivity index (χ0v) is 17.5. The van der Waals surface area contributed by atoms with Crippen molar-refractivity contribution in [3.8, 4) is 11.5 Å². The van der Waals surface area contributed by atoms with Crippen LogP contribution in [0.1, 0.15) is 18.0 Å². The number of para-hydroxylation sites is 1. The minimum absolute atomic E-state index is 0.0360. The van der Waals surface area contributed by atoms with E-state index in [0.717, 1.165) is 0 Å². The lowest BCUT2D eigenvalue weighted by atomic mass is 10.2. The molecule has 0 aliphatic carbocycles. The zero-order chi connectivity index (χ0) is 22.7. The first-order chi connectivity index (χ1) is 15.4. The van der Waals surface area contributed by atoms with Gasteiger partial charge < -0.3 is 9.32 Å². The predicted molar refractivity (Wildman–Crippen MR) is 110 cm³/mol. The second-order valence-electron chi connectivity index (χ2n) is 6.94. The van der Waals surface area contributed by atoms with Crippen LogP contribution in [0.5, 0.6) is 0 Å². The number of hydrogen-bond donors (Lipinski definition) is 0. The SMILES string of the molecule is O=C(N1CCS(=O)CC1)N(Cc1ccc(-c2nnc(C(F)F)o2)cn1)c1ccccc1F. The summed E-state index contributed by atoms with van der Waals surface area (Å²) in [4.78, 5) is 20.2. The van der Waals surface area contributed by atoms with Crippen molar-refractivity contribution in [3.05, 3.63) is 60.0 Å². The second-order valence-corrected chi connectivity index (χ2v) is 8.64. The van der Waals surface area contributed by atoms with Gasteiger partial charge in [0.1, 0.15) is 5.82 Å². The Morgan fingerprint density at radius 3 is 2.53 bits per heavy atom. The zero-order valence-electron chi connectivity index (χ0n) is 16.7. The van der Waals surface area contributed by atoms with Gasteiger partial charge in [-0.05, 0) is 24.3 Å². The minimum Gasteiger partial charge on any atom is -0.415 e. The van der Waals surface area contributed by atoms with Crippen molar-refractivity contribution in [1.29, 1.82) is 0 Å². The third-order valence-electron chi connectivity index (χ3n) is 4.84. The molecule has 1 saturated heterocycles. The van der Waals surface area contributed by atoms with E-state index in [1.807, 2.05) is 0 Å². The number of anilines is 1. The number of carbonyl (C=O) groups excluding carboxylic acids is 1. The summed E-state index contributed by atoms with van der Waals surface area (Å²) in [7, 11) is -0.965. The Morgan fingerprint density at radius 2 is 1.91 bits per heavy atom. The molecule has 1 aliphatic rings. The highest BCUT2D eigenvalue weighted by molar-refractivity contribution is 7.85. The van der Waals surface area contributed by atoms with Gasteiger partial charge >= 0.3 is 12.5 Å². The highest BCUT2D eigenvalue weighted by atomic mass is 32.2. The quantitative estimate of drug-likeness (QED) is 0.574. The molecule has 2 amide bonds. The Morgan fingerprint density at radius 1 is 1.16 bits per heavy atom. The highest BCUT2D eigenvalue weighted by Gasteiger charge is 2.28. The van der Waals surface area contributed by atoms with E-state index in [0.29, 0.717) is 35.9 Å². The molecule has 0 unspecified atom stereocenters. The van der Waals surface area contributed by atoms with E-state index in [2.05, 4.69) is 15.2 Å². The molecule has 3 heterocycles. The van der Waals surface area contributed by atoms with Gasteiger partial charge in [-0.25, -0.2) is 9.18 Å². The van der Waals surface area contributed by atoms with Gasteiger partial charge in [-0.3, -0.25) is 14.1 Å². The number of amides is 2. The molecular weight excluding hydrogens is 447 g/mol. The maximum absolute atomic E-state index is 14.5. The van der Waals surface area contributed by atoms with Gasteiger partial charge in [0.05, 0.1) is 23.5 Å². The number of aromatic nitrogens is 3. The molecule has 1 aliphatic heterocycles. The van der Waals surface area contributed by atoms with Gasteiger partial charge in [0.15, 0.2) is 0 Å². The third-order valence-corrected chi connectivity index (χ3v) is 6.12. The van der Waals surface area contributed by atoms with Crippen molar-refractivity contribution >= 4 is 22.5 Å². The van der Waals surface area contributed by atoms with Crippen LogP contribution < -0.4 is 4.90 Å². The lowest BCUT2D eigenvalue weighted by molar-refractivity contribution is 0.116. The molecule has 0 radical (unpaired) electrons. The first-order valence-electron chi connectivity index (χ1n) is 9.65. The van der Waals surface area contributed by atoms with E-state index in [1.54, 1.807) is 18.2 Å². The number of urea groups is 1. The van der Waals surface area contributed by atoms with Crippen LogP contribution in [0.25, 0.3) is 11.5 Å². The molecule has 4 rings (SSSR count). The Bertz CT molecular complexity index is 1120. The number of nitrogens with zero attached hydrogens (tertiary/aromatic N) is 5. The summed E-state index contributed by atoms with van der Waals surface area (Å²) in [6, 6.07) is 8.58. The number of rotatable bonds is 5. The summed E-state index contributed by atoms with van der Waals surface area (Å²) in [5, 5.41) is 6.85. The first kappa shape index (κ1) is 21.9. The Labute approximate surface area is 183 Å². The molecule has 0 spiro atoms. The van der Waals surface area contributed by atoms with Crippen LogP contribution in [0.4, 0.5) is 23.7 Å². The number of carbonyl (C=O) groups is 1. The van der Waals surface area contributed by atoms with Crippen molar-refractivity contribution < 1.29 is 26.6 Å². The van der Waals surface area contributed by atoms with Crippen LogP contribution >= 0.6 is 0 Å². The van der Waals surface area contributed by atoms with Crippen LogP contribution in [0.15, 0.2) is 47.0 Å². The Balaban J connectivity index is 1.57. The third kappa shape index (κ3) is 4.79. The number of pyridine rings is 1. The van der Waals surface area contributed by atoms with Gasteiger partial charge in [-0.1, -0.05) is 12.1 Å². The topological polar surface area (TPSA) is 92.4 Å². The normalized spacial score (nSPS) is 14.7. The molecular formula is C20H18F3N5O3S. The molecule has 2 aromatic heterocycles. The molecule has 8 nitrogen and oxygen atoms in total. The van der Waals surface area contributed by atoms with Crippen molar-refractivity contribution in [2.75, 3.05) is 29.5 Å². The second kappa shape index (κ2) is 9.47. The maximum Gasteiger partial charge on any atom is 0.325 e. The van der Waals surface area contributed by atoms with Gasteiger partial charge in [0.2, 0.25) is 5.89 Å². The maximum atomic E-state index is 14.5. The van der Waals surface area contributed by atoms with Crippen LogP contribution in [0.3, 0.4) is 0 Å². The molecule has 3 aromatic rings. The van der Waals surface area contributed by atoms with Crippen LogP contribution in [0, 0.1) is 5.82 Å². The Hall–Kier alpha value is -3.28. The number of halogens is 3. The number of alkyl halides is 2. The lowest BCUT2D eigenvalue weighted by Gasteiger charge is -2.32.